The minimum absolute atomic E-state index is 0.172. The molecule has 1 aliphatic rings. The van der Waals surface area contributed by atoms with Gasteiger partial charge in [0.05, 0.1) is 12.8 Å². The number of barbiturate groups is 1. The first kappa shape index (κ1) is 18.7. The number of benzene rings is 3. The Morgan fingerprint density at radius 3 is 2.41 bits per heavy atom. The van der Waals surface area contributed by atoms with E-state index in [1.54, 1.807) is 18.2 Å². The van der Waals surface area contributed by atoms with Gasteiger partial charge >= 0.3 is 6.03 Å². The Bertz CT molecular complexity index is 1190. The van der Waals surface area contributed by atoms with Gasteiger partial charge in [-0.1, -0.05) is 41.9 Å². The zero-order valence-corrected chi connectivity index (χ0v) is 16.1. The number of urea groups is 1. The van der Waals surface area contributed by atoms with Crippen LogP contribution in [-0.2, 0) is 9.59 Å². The summed E-state index contributed by atoms with van der Waals surface area (Å²) in [7, 11) is 1.51. The molecule has 1 heterocycles. The number of nitrogens with zero attached hydrogens (tertiary/aromatic N) is 1. The number of hydrogen-bond acceptors (Lipinski definition) is 4. The van der Waals surface area contributed by atoms with Crippen LogP contribution in [0.15, 0.2) is 66.2 Å². The minimum Gasteiger partial charge on any atom is -0.496 e. The van der Waals surface area contributed by atoms with Crippen molar-refractivity contribution in [3.05, 3.63) is 76.8 Å². The average molecular weight is 407 g/mol. The van der Waals surface area contributed by atoms with Crippen LogP contribution in [0.25, 0.3) is 16.8 Å². The molecule has 0 aliphatic carbocycles. The topological polar surface area (TPSA) is 75.7 Å². The highest BCUT2D eigenvalue weighted by Crippen LogP contribution is 2.31. The standard InChI is InChI=1S/C22H15ClN2O4/c1-29-19-11-6-13-4-2-3-5-16(13)17(19)12-18-20(26)24-22(28)25(21(18)27)15-9-7-14(23)8-10-15/h2-12H,1H3,(H,24,26,28). The number of hydrogen-bond donors (Lipinski definition) is 1. The number of carbonyl (C=O) groups excluding carboxylic acids is 3. The fraction of sp³-hybridized carbons (Fsp3) is 0.0455. The Balaban J connectivity index is 1.86. The second-order valence-corrected chi connectivity index (χ2v) is 6.77. The van der Waals surface area contributed by atoms with Gasteiger partial charge in [0.1, 0.15) is 11.3 Å². The number of anilines is 1. The molecule has 0 aromatic heterocycles. The van der Waals surface area contributed by atoms with Crippen molar-refractivity contribution >= 4 is 52.0 Å². The molecule has 0 saturated carbocycles. The van der Waals surface area contributed by atoms with E-state index in [2.05, 4.69) is 5.32 Å². The summed E-state index contributed by atoms with van der Waals surface area (Å²) in [4.78, 5) is 38.8. The highest BCUT2D eigenvalue weighted by Gasteiger charge is 2.37. The van der Waals surface area contributed by atoms with E-state index in [-0.39, 0.29) is 5.57 Å². The molecule has 0 radical (unpaired) electrons. The average Bonchev–Trinajstić information content (AvgIpc) is 2.72. The van der Waals surface area contributed by atoms with E-state index >= 15 is 0 Å². The first-order chi connectivity index (χ1) is 14.0. The van der Waals surface area contributed by atoms with Crippen LogP contribution in [0, 0.1) is 0 Å². The van der Waals surface area contributed by atoms with Crippen LogP contribution in [0.3, 0.4) is 0 Å². The second kappa shape index (κ2) is 7.41. The van der Waals surface area contributed by atoms with Crippen LogP contribution in [0.5, 0.6) is 5.75 Å². The van der Waals surface area contributed by atoms with E-state index in [0.717, 1.165) is 15.7 Å². The first-order valence-corrected chi connectivity index (χ1v) is 9.10. The van der Waals surface area contributed by atoms with Gasteiger partial charge in [-0.25, -0.2) is 9.69 Å². The summed E-state index contributed by atoms with van der Waals surface area (Å²) < 4.78 is 5.43. The highest BCUT2D eigenvalue weighted by molar-refractivity contribution is 6.39. The maximum absolute atomic E-state index is 13.1. The molecule has 4 rings (SSSR count). The number of methoxy groups -OCH3 is 1. The number of amides is 4. The van der Waals surface area contributed by atoms with E-state index in [4.69, 9.17) is 16.3 Å². The summed E-state index contributed by atoms with van der Waals surface area (Å²) in [5.74, 6) is -0.983. The molecule has 144 valence electrons. The van der Waals surface area contributed by atoms with Crippen molar-refractivity contribution < 1.29 is 19.1 Å². The number of nitrogens with one attached hydrogen (secondary N) is 1. The molecule has 1 saturated heterocycles. The van der Waals surface area contributed by atoms with Crippen LogP contribution in [-0.4, -0.2) is 25.0 Å². The van der Waals surface area contributed by atoms with Crippen molar-refractivity contribution in [2.24, 2.45) is 0 Å². The Kier molecular flexibility index (Phi) is 4.78. The molecular formula is C22H15ClN2O4. The molecule has 3 aromatic rings. The van der Waals surface area contributed by atoms with Gasteiger partial charge in [0.25, 0.3) is 11.8 Å². The van der Waals surface area contributed by atoms with Gasteiger partial charge in [0.15, 0.2) is 0 Å². The third-order valence-electron chi connectivity index (χ3n) is 4.63. The smallest absolute Gasteiger partial charge is 0.335 e. The number of halogens is 1. The predicted octanol–water partition coefficient (Wildman–Crippen LogP) is 4.17. The molecule has 0 atom stereocenters. The molecular weight excluding hydrogens is 392 g/mol. The lowest BCUT2D eigenvalue weighted by Crippen LogP contribution is -2.54. The summed E-state index contributed by atoms with van der Waals surface area (Å²) in [6, 6.07) is 16.6. The number of rotatable bonds is 3. The van der Waals surface area contributed by atoms with Crippen molar-refractivity contribution in [3.8, 4) is 5.75 Å². The van der Waals surface area contributed by atoms with Crippen molar-refractivity contribution in [1.29, 1.82) is 0 Å². The first-order valence-electron chi connectivity index (χ1n) is 8.72. The minimum atomic E-state index is -0.815. The molecule has 0 spiro atoms. The zero-order valence-electron chi connectivity index (χ0n) is 15.3. The van der Waals surface area contributed by atoms with E-state index in [9.17, 15) is 14.4 Å². The van der Waals surface area contributed by atoms with Crippen LogP contribution in [0.4, 0.5) is 10.5 Å². The van der Waals surface area contributed by atoms with Crippen LogP contribution in [0.1, 0.15) is 5.56 Å². The highest BCUT2D eigenvalue weighted by atomic mass is 35.5. The number of imide groups is 2. The van der Waals surface area contributed by atoms with Crippen molar-refractivity contribution in [2.45, 2.75) is 0 Å². The summed E-state index contributed by atoms with van der Waals surface area (Å²) >= 11 is 5.89. The van der Waals surface area contributed by atoms with E-state index < -0.39 is 17.8 Å². The van der Waals surface area contributed by atoms with Gasteiger partial charge in [-0.05, 0) is 47.2 Å². The zero-order chi connectivity index (χ0) is 20.5. The Morgan fingerprint density at radius 2 is 1.69 bits per heavy atom. The third-order valence-corrected chi connectivity index (χ3v) is 4.88. The van der Waals surface area contributed by atoms with Crippen molar-refractivity contribution in [1.82, 2.24) is 5.32 Å². The van der Waals surface area contributed by atoms with Gasteiger partial charge in [-0.15, -0.1) is 0 Å². The number of carbonyl (C=O) groups is 3. The van der Waals surface area contributed by atoms with E-state index in [0.29, 0.717) is 22.0 Å². The lowest BCUT2D eigenvalue weighted by Gasteiger charge is -2.26. The normalized spacial score (nSPS) is 15.7. The van der Waals surface area contributed by atoms with Crippen LogP contribution >= 0.6 is 11.6 Å². The van der Waals surface area contributed by atoms with Crippen molar-refractivity contribution in [3.63, 3.8) is 0 Å². The third kappa shape index (κ3) is 3.34. The van der Waals surface area contributed by atoms with E-state index in [1.807, 2.05) is 30.3 Å². The lowest BCUT2D eigenvalue weighted by atomic mass is 9.99. The Morgan fingerprint density at radius 1 is 0.966 bits per heavy atom. The SMILES string of the molecule is COc1ccc2ccccc2c1C=C1C(=O)NC(=O)N(c2ccc(Cl)cc2)C1=O. The van der Waals surface area contributed by atoms with Crippen molar-refractivity contribution in [2.75, 3.05) is 12.0 Å². The van der Waals surface area contributed by atoms with Gasteiger partial charge < -0.3 is 4.74 Å². The maximum Gasteiger partial charge on any atom is 0.335 e. The molecule has 29 heavy (non-hydrogen) atoms. The molecule has 1 aliphatic heterocycles. The van der Waals surface area contributed by atoms with Gasteiger partial charge in [0.2, 0.25) is 0 Å². The predicted molar refractivity (Wildman–Crippen MR) is 111 cm³/mol. The quantitative estimate of drug-likeness (QED) is 0.523. The Hall–Kier alpha value is -3.64. The molecule has 1 N–H and O–H groups in total. The molecule has 1 fully saturated rings. The summed E-state index contributed by atoms with van der Waals surface area (Å²) in [5, 5.41) is 4.42. The lowest BCUT2D eigenvalue weighted by molar-refractivity contribution is -0.122. The van der Waals surface area contributed by atoms with Crippen LogP contribution in [0.2, 0.25) is 5.02 Å². The number of ether oxygens (including phenoxy) is 1. The summed E-state index contributed by atoms with van der Waals surface area (Å²) in [6.45, 7) is 0. The van der Waals surface area contributed by atoms with Crippen LogP contribution < -0.4 is 15.0 Å². The molecule has 7 heteroatoms. The fourth-order valence-corrected chi connectivity index (χ4v) is 3.35. The summed E-state index contributed by atoms with van der Waals surface area (Å²) in [6.07, 6.45) is 1.45. The molecule has 0 bridgehead atoms. The number of fused-ring (bicyclic) bond motifs is 1. The van der Waals surface area contributed by atoms with E-state index in [1.165, 1.54) is 25.3 Å². The monoisotopic (exact) mass is 406 g/mol. The Labute approximate surface area is 171 Å². The summed E-state index contributed by atoms with van der Waals surface area (Å²) in [5.41, 5.74) is 0.712. The largest absolute Gasteiger partial charge is 0.496 e. The second-order valence-electron chi connectivity index (χ2n) is 6.34. The molecule has 4 amide bonds. The maximum atomic E-state index is 13.1. The molecule has 3 aromatic carbocycles. The fourth-order valence-electron chi connectivity index (χ4n) is 3.23. The molecule has 6 nitrogen and oxygen atoms in total. The van der Waals surface area contributed by atoms with Gasteiger partial charge in [-0.3, -0.25) is 14.9 Å². The molecule has 0 unspecified atom stereocenters. The van der Waals surface area contributed by atoms with Gasteiger partial charge in [0, 0.05) is 10.6 Å². The van der Waals surface area contributed by atoms with Gasteiger partial charge in [-0.2, -0.15) is 0 Å².